The van der Waals surface area contributed by atoms with Gasteiger partial charge in [-0.05, 0) is 24.6 Å². The highest BCUT2D eigenvalue weighted by atomic mass is 19.1. The molecule has 0 radical (unpaired) electrons. The number of carbonyl (C=O) groups is 1. The van der Waals surface area contributed by atoms with Gasteiger partial charge in [-0.15, -0.1) is 0 Å². The summed E-state index contributed by atoms with van der Waals surface area (Å²) in [6.07, 6.45) is 2.93. The van der Waals surface area contributed by atoms with Gasteiger partial charge in [0.15, 0.2) is 0 Å². The smallest absolute Gasteiger partial charge is 0.340 e. The molecule has 2 nitrogen and oxygen atoms in total. The van der Waals surface area contributed by atoms with E-state index in [9.17, 15) is 9.18 Å². The van der Waals surface area contributed by atoms with Crippen LogP contribution in [0.3, 0.4) is 0 Å². The van der Waals surface area contributed by atoms with Crippen LogP contribution in [-0.2, 0) is 4.74 Å². The number of hydrogen-bond acceptors (Lipinski definition) is 2. The van der Waals surface area contributed by atoms with Crippen molar-refractivity contribution in [1.82, 2.24) is 0 Å². The molecular weight excluding hydrogens is 219 g/mol. The predicted molar refractivity (Wildman–Crippen MR) is 64.1 cm³/mol. The average Bonchev–Trinajstić information content (AvgIpc) is 2.34. The fourth-order valence-electron chi connectivity index (χ4n) is 1.30. The molecule has 0 heterocycles. The summed E-state index contributed by atoms with van der Waals surface area (Å²) in [5.74, 6) is 4.55. The lowest BCUT2D eigenvalue weighted by Crippen LogP contribution is -2.04. The molecule has 90 valence electrons. The number of ether oxygens (including phenoxy) is 1. The first kappa shape index (κ1) is 13.2. The molecule has 1 aromatic rings. The number of esters is 1. The van der Waals surface area contributed by atoms with Gasteiger partial charge in [0.2, 0.25) is 0 Å². The minimum atomic E-state index is -0.673. The van der Waals surface area contributed by atoms with Gasteiger partial charge in [0.1, 0.15) is 5.82 Å². The first-order valence-electron chi connectivity index (χ1n) is 5.55. The number of unbranched alkanes of at least 4 members (excludes halogenated alkanes) is 2. The third-order valence-electron chi connectivity index (χ3n) is 2.26. The van der Waals surface area contributed by atoms with Crippen molar-refractivity contribution < 1.29 is 13.9 Å². The Morgan fingerprint density at radius 3 is 2.82 bits per heavy atom. The van der Waals surface area contributed by atoms with Crippen molar-refractivity contribution in [3.63, 3.8) is 0 Å². The van der Waals surface area contributed by atoms with Gasteiger partial charge in [-0.1, -0.05) is 25.2 Å². The van der Waals surface area contributed by atoms with E-state index in [1.165, 1.54) is 19.2 Å². The van der Waals surface area contributed by atoms with E-state index in [2.05, 4.69) is 23.5 Å². The summed E-state index contributed by atoms with van der Waals surface area (Å²) < 4.78 is 17.9. The van der Waals surface area contributed by atoms with Gasteiger partial charge in [-0.25, -0.2) is 9.18 Å². The molecule has 17 heavy (non-hydrogen) atoms. The highest BCUT2D eigenvalue weighted by molar-refractivity contribution is 5.89. The highest BCUT2D eigenvalue weighted by Gasteiger charge is 2.11. The van der Waals surface area contributed by atoms with E-state index in [0.29, 0.717) is 5.56 Å². The summed E-state index contributed by atoms with van der Waals surface area (Å²) in [4.78, 5) is 11.1. The van der Waals surface area contributed by atoms with Crippen molar-refractivity contribution in [1.29, 1.82) is 0 Å². The molecule has 1 aromatic carbocycles. The largest absolute Gasteiger partial charge is 0.465 e. The minimum Gasteiger partial charge on any atom is -0.465 e. The van der Waals surface area contributed by atoms with Crippen LogP contribution in [0.1, 0.15) is 42.1 Å². The Bertz CT molecular complexity index is 455. The highest BCUT2D eigenvalue weighted by Crippen LogP contribution is 2.11. The lowest BCUT2D eigenvalue weighted by atomic mass is 10.1. The molecule has 0 saturated heterocycles. The van der Waals surface area contributed by atoms with E-state index >= 15 is 0 Å². The van der Waals surface area contributed by atoms with Gasteiger partial charge in [0.05, 0.1) is 12.7 Å². The molecule has 0 amide bonds. The van der Waals surface area contributed by atoms with Gasteiger partial charge in [0.25, 0.3) is 0 Å². The first-order valence-corrected chi connectivity index (χ1v) is 5.55. The Balaban J connectivity index is 2.81. The second-order valence-corrected chi connectivity index (χ2v) is 3.59. The fourth-order valence-corrected chi connectivity index (χ4v) is 1.30. The average molecular weight is 234 g/mol. The standard InChI is InChI=1S/C14H15FO2/c1-3-4-5-6-7-11-8-9-12(13(15)10-11)14(16)17-2/h8-10H,3-5H2,1-2H3. The van der Waals surface area contributed by atoms with Crippen molar-refractivity contribution in [3.8, 4) is 11.8 Å². The fraction of sp³-hybridized carbons (Fsp3) is 0.357. The Morgan fingerprint density at radius 1 is 1.47 bits per heavy atom. The van der Waals surface area contributed by atoms with Crippen LogP contribution in [0.2, 0.25) is 0 Å². The molecule has 1 rings (SSSR count). The molecule has 0 fully saturated rings. The Hall–Kier alpha value is -1.82. The topological polar surface area (TPSA) is 26.3 Å². The van der Waals surface area contributed by atoms with Crippen LogP contribution >= 0.6 is 0 Å². The van der Waals surface area contributed by atoms with Crippen LogP contribution in [0.4, 0.5) is 4.39 Å². The van der Waals surface area contributed by atoms with Crippen molar-refractivity contribution in [3.05, 3.63) is 35.1 Å². The van der Waals surface area contributed by atoms with Crippen LogP contribution in [0.25, 0.3) is 0 Å². The molecule has 0 saturated carbocycles. The Labute approximate surface area is 101 Å². The number of rotatable bonds is 3. The normalized spacial score (nSPS) is 9.35. The van der Waals surface area contributed by atoms with Gasteiger partial charge >= 0.3 is 5.97 Å². The molecule has 0 N–H and O–H groups in total. The summed E-state index contributed by atoms with van der Waals surface area (Å²) in [7, 11) is 1.22. The lowest BCUT2D eigenvalue weighted by molar-refractivity contribution is 0.0595. The number of methoxy groups -OCH3 is 1. The monoisotopic (exact) mass is 234 g/mol. The zero-order valence-electron chi connectivity index (χ0n) is 10.0. The van der Waals surface area contributed by atoms with Crippen LogP contribution < -0.4 is 0 Å². The lowest BCUT2D eigenvalue weighted by Gasteiger charge is -2.00. The molecule has 0 unspecified atom stereocenters. The Morgan fingerprint density at radius 2 is 2.24 bits per heavy atom. The number of hydrogen-bond donors (Lipinski definition) is 0. The van der Waals surface area contributed by atoms with Gasteiger partial charge < -0.3 is 4.74 Å². The van der Waals surface area contributed by atoms with Crippen LogP contribution in [0, 0.1) is 17.7 Å². The van der Waals surface area contributed by atoms with Crippen molar-refractivity contribution in [2.75, 3.05) is 7.11 Å². The molecule has 0 atom stereocenters. The molecule has 0 spiro atoms. The van der Waals surface area contributed by atoms with Gasteiger partial charge in [-0.3, -0.25) is 0 Å². The summed E-state index contributed by atoms with van der Waals surface area (Å²) in [6.45, 7) is 2.09. The maximum Gasteiger partial charge on any atom is 0.340 e. The number of halogens is 1. The van der Waals surface area contributed by atoms with E-state index in [1.54, 1.807) is 6.07 Å². The zero-order chi connectivity index (χ0) is 12.7. The van der Waals surface area contributed by atoms with E-state index in [0.717, 1.165) is 19.3 Å². The van der Waals surface area contributed by atoms with Crippen LogP contribution in [0.5, 0.6) is 0 Å². The molecule has 3 heteroatoms. The summed E-state index contributed by atoms with van der Waals surface area (Å²) in [6, 6.07) is 4.27. The second-order valence-electron chi connectivity index (χ2n) is 3.59. The molecule has 0 aliphatic carbocycles. The maximum atomic E-state index is 13.5. The van der Waals surface area contributed by atoms with E-state index in [-0.39, 0.29) is 5.56 Å². The van der Waals surface area contributed by atoms with Crippen molar-refractivity contribution in [2.45, 2.75) is 26.2 Å². The Kier molecular flexibility index (Phi) is 5.22. The quantitative estimate of drug-likeness (QED) is 0.456. The third-order valence-corrected chi connectivity index (χ3v) is 2.26. The summed E-state index contributed by atoms with van der Waals surface area (Å²) in [5, 5.41) is 0. The predicted octanol–water partition coefficient (Wildman–Crippen LogP) is 3.15. The maximum absolute atomic E-state index is 13.5. The molecular formula is C14H15FO2. The molecule has 0 aliphatic heterocycles. The summed E-state index contributed by atoms with van der Waals surface area (Å²) >= 11 is 0. The number of benzene rings is 1. The molecule has 0 aliphatic rings. The van der Waals surface area contributed by atoms with E-state index in [1.807, 2.05) is 0 Å². The van der Waals surface area contributed by atoms with Crippen molar-refractivity contribution >= 4 is 5.97 Å². The zero-order valence-corrected chi connectivity index (χ0v) is 10.0. The van der Waals surface area contributed by atoms with Gasteiger partial charge in [0, 0.05) is 12.0 Å². The van der Waals surface area contributed by atoms with Gasteiger partial charge in [-0.2, -0.15) is 0 Å². The number of carbonyl (C=O) groups excluding carboxylic acids is 1. The minimum absolute atomic E-state index is 0.0633. The molecule has 0 aromatic heterocycles. The second kappa shape index (κ2) is 6.70. The summed E-state index contributed by atoms with van der Waals surface area (Å²) in [5.41, 5.74) is 0.512. The SMILES string of the molecule is CCCCC#Cc1ccc(C(=O)OC)c(F)c1. The van der Waals surface area contributed by atoms with Crippen LogP contribution in [0.15, 0.2) is 18.2 Å². The first-order chi connectivity index (χ1) is 8.19. The van der Waals surface area contributed by atoms with Crippen molar-refractivity contribution in [2.24, 2.45) is 0 Å². The third kappa shape index (κ3) is 3.92. The molecule has 0 bridgehead atoms. The van der Waals surface area contributed by atoms with E-state index in [4.69, 9.17) is 0 Å². The van der Waals surface area contributed by atoms with E-state index < -0.39 is 11.8 Å². The van der Waals surface area contributed by atoms with Crippen LogP contribution in [-0.4, -0.2) is 13.1 Å².